The van der Waals surface area contributed by atoms with Gasteiger partial charge >= 0.3 is 0 Å². The fourth-order valence-electron chi connectivity index (χ4n) is 4.04. The Bertz CT molecular complexity index is 1070. The molecule has 0 aliphatic carbocycles. The van der Waals surface area contributed by atoms with Crippen LogP contribution in [0.3, 0.4) is 0 Å². The number of carbonyl (C=O) groups excluding carboxylic acids is 2. The fraction of sp³-hybridized carbons (Fsp3) is 0.292. The zero-order valence-electron chi connectivity index (χ0n) is 17.4. The Morgan fingerprint density at radius 1 is 0.967 bits per heavy atom. The molecule has 6 heteroatoms. The van der Waals surface area contributed by atoms with Gasteiger partial charge in [0, 0.05) is 41.9 Å². The molecule has 3 aromatic rings. The van der Waals surface area contributed by atoms with Crippen LogP contribution in [0.25, 0.3) is 5.82 Å². The van der Waals surface area contributed by atoms with E-state index in [4.69, 9.17) is 0 Å². The maximum Gasteiger partial charge on any atom is 0.257 e. The molecule has 1 aromatic carbocycles. The molecule has 1 N–H and O–H groups in total. The van der Waals surface area contributed by atoms with Gasteiger partial charge in [-0.2, -0.15) is 0 Å². The molecule has 154 valence electrons. The third kappa shape index (κ3) is 3.99. The Labute approximate surface area is 176 Å². The smallest absolute Gasteiger partial charge is 0.257 e. The van der Waals surface area contributed by atoms with E-state index in [-0.39, 0.29) is 11.8 Å². The Balaban J connectivity index is 1.54. The van der Waals surface area contributed by atoms with Crippen LogP contribution in [0.4, 0.5) is 5.69 Å². The lowest BCUT2D eigenvalue weighted by Crippen LogP contribution is -2.35. The summed E-state index contributed by atoms with van der Waals surface area (Å²) in [5, 5.41) is 2.95. The molecule has 1 saturated heterocycles. The van der Waals surface area contributed by atoms with Gasteiger partial charge in [-0.3, -0.25) is 9.59 Å². The molecule has 30 heavy (non-hydrogen) atoms. The minimum atomic E-state index is -0.201. The highest BCUT2D eigenvalue weighted by atomic mass is 16.2. The lowest BCUT2D eigenvalue weighted by molar-refractivity contribution is 0.0724. The molecule has 1 fully saturated rings. The molecular formula is C24H26N4O2. The molecule has 0 saturated carbocycles. The second-order valence-electron chi connectivity index (χ2n) is 7.70. The number of benzene rings is 1. The normalized spacial score (nSPS) is 13.9. The Kier molecular flexibility index (Phi) is 5.65. The summed E-state index contributed by atoms with van der Waals surface area (Å²) in [5.41, 5.74) is 3.57. The van der Waals surface area contributed by atoms with Gasteiger partial charge in [0.2, 0.25) is 0 Å². The van der Waals surface area contributed by atoms with Crippen molar-refractivity contribution in [3.63, 3.8) is 0 Å². The van der Waals surface area contributed by atoms with Crippen LogP contribution in [0.5, 0.6) is 0 Å². The van der Waals surface area contributed by atoms with E-state index in [9.17, 15) is 9.59 Å². The predicted octanol–water partition coefficient (Wildman–Crippen LogP) is 4.37. The SMILES string of the molecule is Cc1cc(C(=O)Nc2cccc(C(=O)N3CCCCC3)c2)c(C)n1-c1ccccn1. The van der Waals surface area contributed by atoms with Gasteiger partial charge in [0.05, 0.1) is 5.56 Å². The number of pyridine rings is 1. The van der Waals surface area contributed by atoms with E-state index in [1.54, 1.807) is 18.3 Å². The van der Waals surface area contributed by atoms with Crippen molar-refractivity contribution < 1.29 is 9.59 Å². The molecule has 0 bridgehead atoms. The van der Waals surface area contributed by atoms with Crippen LogP contribution in [-0.2, 0) is 0 Å². The maximum absolute atomic E-state index is 13.0. The minimum absolute atomic E-state index is 0.0270. The zero-order chi connectivity index (χ0) is 21.1. The summed E-state index contributed by atoms with van der Waals surface area (Å²) in [6.07, 6.45) is 5.01. The molecule has 1 aliphatic rings. The Hall–Kier alpha value is -3.41. The summed E-state index contributed by atoms with van der Waals surface area (Å²) in [6.45, 7) is 5.47. The van der Waals surface area contributed by atoms with Gasteiger partial charge in [-0.05, 0) is 69.5 Å². The predicted molar refractivity (Wildman–Crippen MR) is 117 cm³/mol. The lowest BCUT2D eigenvalue weighted by atomic mass is 10.1. The van der Waals surface area contributed by atoms with Gasteiger partial charge in [-0.15, -0.1) is 0 Å². The highest BCUT2D eigenvalue weighted by molar-refractivity contribution is 6.06. The lowest BCUT2D eigenvalue weighted by Gasteiger charge is -2.26. The second-order valence-corrected chi connectivity index (χ2v) is 7.70. The number of rotatable bonds is 4. The first-order chi connectivity index (χ1) is 14.5. The molecule has 0 radical (unpaired) electrons. The van der Waals surface area contributed by atoms with Crippen LogP contribution in [0.2, 0.25) is 0 Å². The third-order valence-electron chi connectivity index (χ3n) is 5.56. The van der Waals surface area contributed by atoms with Gasteiger partial charge in [0.1, 0.15) is 5.82 Å². The number of aryl methyl sites for hydroxylation is 1. The van der Waals surface area contributed by atoms with Crippen molar-refractivity contribution in [2.24, 2.45) is 0 Å². The molecule has 0 unspecified atom stereocenters. The first-order valence-electron chi connectivity index (χ1n) is 10.4. The van der Waals surface area contributed by atoms with Gasteiger partial charge in [-0.25, -0.2) is 4.98 Å². The number of hydrogen-bond donors (Lipinski definition) is 1. The van der Waals surface area contributed by atoms with Gasteiger partial charge in [0.15, 0.2) is 0 Å². The number of hydrogen-bond acceptors (Lipinski definition) is 3. The van der Waals surface area contributed by atoms with Gasteiger partial charge < -0.3 is 14.8 Å². The number of anilines is 1. The summed E-state index contributed by atoms with van der Waals surface area (Å²) in [4.78, 5) is 32.0. The Morgan fingerprint density at radius 2 is 1.77 bits per heavy atom. The van der Waals surface area contributed by atoms with Crippen LogP contribution in [-0.4, -0.2) is 39.4 Å². The number of carbonyl (C=O) groups is 2. The van der Waals surface area contributed by atoms with E-state index in [1.807, 2.05) is 59.7 Å². The van der Waals surface area contributed by atoms with E-state index < -0.39 is 0 Å². The van der Waals surface area contributed by atoms with Crippen LogP contribution in [0.1, 0.15) is 51.4 Å². The van der Waals surface area contributed by atoms with Gasteiger partial charge in [-0.1, -0.05) is 12.1 Å². The summed E-state index contributed by atoms with van der Waals surface area (Å²) in [6, 6.07) is 14.7. The molecule has 1 aliphatic heterocycles. The highest BCUT2D eigenvalue weighted by Gasteiger charge is 2.20. The average Bonchev–Trinajstić information content (AvgIpc) is 3.08. The quantitative estimate of drug-likeness (QED) is 0.705. The zero-order valence-corrected chi connectivity index (χ0v) is 17.4. The van der Waals surface area contributed by atoms with E-state index in [0.29, 0.717) is 16.8 Å². The third-order valence-corrected chi connectivity index (χ3v) is 5.56. The standard InChI is InChI=1S/C24H26N4O2/c1-17-15-21(18(2)28(17)22-11-4-5-12-25-22)23(29)26-20-10-8-9-19(16-20)24(30)27-13-6-3-7-14-27/h4-5,8-12,15-16H,3,6-7,13-14H2,1-2H3,(H,26,29). The number of likely N-dealkylation sites (tertiary alicyclic amines) is 1. The van der Waals surface area contributed by atoms with Crippen LogP contribution in [0, 0.1) is 13.8 Å². The topological polar surface area (TPSA) is 67.2 Å². The van der Waals surface area contributed by atoms with Crippen molar-refractivity contribution in [1.82, 2.24) is 14.5 Å². The molecule has 2 aromatic heterocycles. The Morgan fingerprint density at radius 3 is 2.50 bits per heavy atom. The van der Waals surface area contributed by atoms with Crippen LogP contribution < -0.4 is 5.32 Å². The number of nitrogens with zero attached hydrogens (tertiary/aromatic N) is 3. The summed E-state index contributed by atoms with van der Waals surface area (Å²) >= 11 is 0. The largest absolute Gasteiger partial charge is 0.339 e. The van der Waals surface area contributed by atoms with Crippen molar-refractivity contribution in [2.75, 3.05) is 18.4 Å². The average molecular weight is 402 g/mol. The van der Waals surface area contributed by atoms with Crippen molar-refractivity contribution in [2.45, 2.75) is 33.1 Å². The van der Waals surface area contributed by atoms with E-state index in [1.165, 1.54) is 6.42 Å². The monoisotopic (exact) mass is 402 g/mol. The maximum atomic E-state index is 13.0. The molecule has 0 spiro atoms. The fourth-order valence-corrected chi connectivity index (χ4v) is 4.04. The van der Waals surface area contributed by atoms with Gasteiger partial charge in [0.25, 0.3) is 11.8 Å². The van der Waals surface area contributed by atoms with Crippen molar-refractivity contribution in [1.29, 1.82) is 0 Å². The minimum Gasteiger partial charge on any atom is -0.339 e. The summed E-state index contributed by atoms with van der Waals surface area (Å²) < 4.78 is 1.96. The van der Waals surface area contributed by atoms with E-state index >= 15 is 0 Å². The molecule has 6 nitrogen and oxygen atoms in total. The van der Waals surface area contributed by atoms with Crippen molar-refractivity contribution in [3.8, 4) is 5.82 Å². The van der Waals surface area contributed by atoms with E-state index in [2.05, 4.69) is 10.3 Å². The highest BCUT2D eigenvalue weighted by Crippen LogP contribution is 2.22. The first-order valence-corrected chi connectivity index (χ1v) is 10.4. The summed E-state index contributed by atoms with van der Waals surface area (Å²) in [5.74, 6) is 0.604. The molecule has 0 atom stereocenters. The number of aromatic nitrogens is 2. The molecule has 3 heterocycles. The molecule has 4 rings (SSSR count). The number of nitrogens with one attached hydrogen (secondary N) is 1. The number of piperidine rings is 1. The molecular weight excluding hydrogens is 376 g/mol. The first kappa shape index (κ1) is 19.9. The summed E-state index contributed by atoms with van der Waals surface area (Å²) in [7, 11) is 0. The van der Waals surface area contributed by atoms with Crippen LogP contribution >= 0.6 is 0 Å². The van der Waals surface area contributed by atoms with Crippen LogP contribution in [0.15, 0.2) is 54.7 Å². The second kappa shape index (κ2) is 8.53. The molecule has 2 amide bonds. The number of amides is 2. The van der Waals surface area contributed by atoms with E-state index in [0.717, 1.165) is 43.1 Å². The van der Waals surface area contributed by atoms with Crippen molar-refractivity contribution in [3.05, 3.63) is 77.2 Å². The van der Waals surface area contributed by atoms with Crippen molar-refractivity contribution >= 4 is 17.5 Å².